The van der Waals surface area contributed by atoms with Gasteiger partial charge in [-0.25, -0.2) is 4.79 Å². The highest BCUT2D eigenvalue weighted by Crippen LogP contribution is 2.42. The number of carbonyl (C=O) groups is 1. The fourth-order valence-corrected chi connectivity index (χ4v) is 4.46. The highest BCUT2D eigenvalue weighted by molar-refractivity contribution is 6.21. The Balaban J connectivity index is 1.47. The van der Waals surface area contributed by atoms with Crippen LogP contribution in [0.15, 0.2) is 41.9 Å². The van der Waals surface area contributed by atoms with Crippen molar-refractivity contribution in [3.8, 4) is 17.2 Å². The average Bonchev–Trinajstić information content (AvgIpc) is 3.24. The number of phenolic OH excluding ortho intramolecular Hbond substituents is 2. The lowest BCUT2D eigenvalue weighted by Crippen LogP contribution is -2.32. The molecular formula is C27H28O7. The second kappa shape index (κ2) is 7.53. The van der Waals surface area contributed by atoms with Gasteiger partial charge in [0.15, 0.2) is 11.5 Å². The lowest BCUT2D eigenvalue weighted by molar-refractivity contribution is -0.131. The van der Waals surface area contributed by atoms with E-state index < -0.39 is 5.97 Å². The molecule has 5 rings (SSSR count). The second-order valence-electron chi connectivity index (χ2n) is 10.3. The summed E-state index contributed by atoms with van der Waals surface area (Å²) in [6, 6.07) is 8.05. The standard InChI is InChI=1S/C27H28O7/c1-26(2)8-7-14-9-16(19(29)13-20(14)33-26)11-21-24(30)23(25(31)32-21)15-5-6-18(28)17(10-15)12-22-27(3,4)34-22/h5-6,9-11,13,22,28-30H,7-8,12H2,1-4H3. The Morgan fingerprint density at radius 3 is 2.50 bits per heavy atom. The summed E-state index contributed by atoms with van der Waals surface area (Å²) < 4.78 is 16.9. The molecule has 0 bridgehead atoms. The molecule has 178 valence electrons. The quantitative estimate of drug-likeness (QED) is 0.441. The Morgan fingerprint density at radius 1 is 1.06 bits per heavy atom. The number of cyclic esters (lactones) is 1. The summed E-state index contributed by atoms with van der Waals surface area (Å²) in [5.41, 5.74) is 1.86. The lowest BCUT2D eigenvalue weighted by Gasteiger charge is -2.32. The molecule has 2 aromatic carbocycles. The zero-order valence-corrected chi connectivity index (χ0v) is 19.6. The Morgan fingerprint density at radius 2 is 1.79 bits per heavy atom. The Hall–Kier alpha value is -3.45. The third-order valence-electron chi connectivity index (χ3n) is 6.69. The molecule has 1 fully saturated rings. The van der Waals surface area contributed by atoms with Gasteiger partial charge in [-0.1, -0.05) is 6.07 Å². The number of ether oxygens (including phenoxy) is 3. The van der Waals surface area contributed by atoms with Crippen molar-refractivity contribution in [3.05, 3.63) is 64.1 Å². The number of hydrogen-bond acceptors (Lipinski definition) is 7. The van der Waals surface area contributed by atoms with Gasteiger partial charge in [0.25, 0.3) is 0 Å². The first-order valence-corrected chi connectivity index (χ1v) is 11.4. The molecule has 3 heterocycles. The van der Waals surface area contributed by atoms with Crippen LogP contribution in [0.3, 0.4) is 0 Å². The van der Waals surface area contributed by atoms with Crippen molar-refractivity contribution in [2.75, 3.05) is 0 Å². The number of hydrogen-bond donors (Lipinski definition) is 3. The van der Waals surface area contributed by atoms with Gasteiger partial charge < -0.3 is 29.5 Å². The first kappa shape index (κ1) is 22.3. The third kappa shape index (κ3) is 4.01. The molecule has 1 atom stereocenters. The molecule has 34 heavy (non-hydrogen) atoms. The van der Waals surface area contributed by atoms with Gasteiger partial charge >= 0.3 is 5.97 Å². The van der Waals surface area contributed by atoms with Gasteiger partial charge in [0.2, 0.25) is 0 Å². The van der Waals surface area contributed by atoms with Crippen LogP contribution in [0.4, 0.5) is 0 Å². The molecule has 3 aliphatic rings. The minimum absolute atomic E-state index is 0.00556. The van der Waals surface area contributed by atoms with Crippen LogP contribution in [-0.2, 0) is 27.1 Å². The van der Waals surface area contributed by atoms with Crippen molar-refractivity contribution < 1.29 is 34.3 Å². The molecular weight excluding hydrogens is 436 g/mol. The van der Waals surface area contributed by atoms with E-state index in [0.717, 1.165) is 18.4 Å². The Bertz CT molecular complexity index is 1270. The van der Waals surface area contributed by atoms with Gasteiger partial charge in [-0.2, -0.15) is 0 Å². The normalized spacial score (nSPS) is 23.5. The molecule has 0 aliphatic carbocycles. The molecule has 2 aromatic rings. The van der Waals surface area contributed by atoms with Crippen molar-refractivity contribution in [2.24, 2.45) is 0 Å². The first-order valence-electron chi connectivity index (χ1n) is 11.4. The van der Waals surface area contributed by atoms with Crippen LogP contribution >= 0.6 is 0 Å². The largest absolute Gasteiger partial charge is 0.508 e. The molecule has 1 unspecified atom stereocenters. The van der Waals surface area contributed by atoms with Crippen LogP contribution in [0, 0.1) is 0 Å². The SMILES string of the molecule is CC1(C)CCc2cc(C=C3OC(=O)C(c4ccc(O)c(CC5OC5(C)C)c4)=C3O)c(O)cc2O1. The average molecular weight is 465 g/mol. The zero-order valence-electron chi connectivity index (χ0n) is 19.6. The number of esters is 1. The van der Waals surface area contributed by atoms with Crippen molar-refractivity contribution in [2.45, 2.75) is 64.3 Å². The van der Waals surface area contributed by atoms with E-state index in [0.29, 0.717) is 28.9 Å². The Labute approximate surface area is 197 Å². The van der Waals surface area contributed by atoms with Crippen LogP contribution in [0.2, 0.25) is 0 Å². The van der Waals surface area contributed by atoms with Crippen molar-refractivity contribution in [1.82, 2.24) is 0 Å². The zero-order chi connectivity index (χ0) is 24.4. The first-order chi connectivity index (χ1) is 15.9. The van der Waals surface area contributed by atoms with E-state index in [-0.39, 0.29) is 45.9 Å². The molecule has 7 heteroatoms. The number of aromatic hydroxyl groups is 2. The predicted molar refractivity (Wildman–Crippen MR) is 126 cm³/mol. The van der Waals surface area contributed by atoms with Crippen molar-refractivity contribution in [1.29, 1.82) is 0 Å². The summed E-state index contributed by atoms with van der Waals surface area (Å²) in [4.78, 5) is 12.7. The molecule has 3 aliphatic heterocycles. The third-order valence-corrected chi connectivity index (χ3v) is 6.69. The molecule has 1 saturated heterocycles. The summed E-state index contributed by atoms with van der Waals surface area (Å²) in [7, 11) is 0. The van der Waals surface area contributed by atoms with E-state index >= 15 is 0 Å². The maximum atomic E-state index is 12.7. The maximum Gasteiger partial charge on any atom is 0.348 e. The topological polar surface area (TPSA) is 109 Å². The van der Waals surface area contributed by atoms with Crippen molar-refractivity contribution in [3.63, 3.8) is 0 Å². The van der Waals surface area contributed by atoms with Crippen LogP contribution in [0.1, 0.15) is 56.4 Å². The smallest absolute Gasteiger partial charge is 0.348 e. The van der Waals surface area contributed by atoms with Gasteiger partial charge in [0, 0.05) is 18.1 Å². The van der Waals surface area contributed by atoms with E-state index in [4.69, 9.17) is 14.2 Å². The minimum Gasteiger partial charge on any atom is -0.508 e. The van der Waals surface area contributed by atoms with Gasteiger partial charge in [0.05, 0.1) is 11.7 Å². The highest BCUT2D eigenvalue weighted by atomic mass is 16.6. The summed E-state index contributed by atoms with van der Waals surface area (Å²) in [6.45, 7) is 7.94. The molecule has 0 aromatic heterocycles. The van der Waals surface area contributed by atoms with Gasteiger partial charge in [-0.05, 0) is 81.5 Å². The van der Waals surface area contributed by atoms with E-state index in [1.807, 2.05) is 27.7 Å². The second-order valence-corrected chi connectivity index (χ2v) is 10.3. The predicted octanol–water partition coefficient (Wildman–Crippen LogP) is 4.79. The number of aliphatic hydroxyl groups is 1. The summed E-state index contributed by atoms with van der Waals surface area (Å²) >= 11 is 0. The molecule has 3 N–H and O–H groups in total. The van der Waals surface area contributed by atoms with E-state index in [9.17, 15) is 20.1 Å². The summed E-state index contributed by atoms with van der Waals surface area (Å²) in [6.07, 6.45) is 3.52. The minimum atomic E-state index is -0.703. The fraction of sp³-hybridized carbons (Fsp3) is 0.370. The van der Waals surface area contributed by atoms with Crippen LogP contribution < -0.4 is 4.74 Å². The fourth-order valence-electron chi connectivity index (χ4n) is 4.46. The van der Waals surface area contributed by atoms with E-state index in [1.54, 1.807) is 24.3 Å². The lowest BCUT2D eigenvalue weighted by atomic mass is 9.93. The van der Waals surface area contributed by atoms with Crippen LogP contribution in [0.5, 0.6) is 17.2 Å². The molecule has 0 radical (unpaired) electrons. The van der Waals surface area contributed by atoms with E-state index in [1.165, 1.54) is 12.1 Å². The maximum absolute atomic E-state index is 12.7. The number of phenols is 2. The van der Waals surface area contributed by atoms with Crippen LogP contribution in [0.25, 0.3) is 11.6 Å². The number of aliphatic hydroxyl groups excluding tert-OH is 1. The van der Waals surface area contributed by atoms with Crippen LogP contribution in [-0.4, -0.2) is 38.6 Å². The molecule has 0 spiro atoms. The number of epoxide rings is 1. The van der Waals surface area contributed by atoms with Gasteiger partial charge in [-0.3, -0.25) is 0 Å². The monoisotopic (exact) mass is 464 g/mol. The molecule has 7 nitrogen and oxygen atoms in total. The number of rotatable bonds is 4. The summed E-state index contributed by atoms with van der Waals surface area (Å²) in [5.74, 6) is -0.389. The highest BCUT2D eigenvalue weighted by Gasteiger charge is 2.47. The number of carbonyl (C=O) groups excluding carboxylic acids is 1. The number of aryl methyl sites for hydroxylation is 1. The summed E-state index contributed by atoms with van der Waals surface area (Å²) in [5, 5.41) is 31.6. The molecule has 0 amide bonds. The van der Waals surface area contributed by atoms with Crippen molar-refractivity contribution >= 4 is 17.6 Å². The van der Waals surface area contributed by atoms with Gasteiger partial charge in [0.1, 0.15) is 28.4 Å². The number of benzene rings is 2. The Kier molecular flexibility index (Phi) is 4.95. The molecule has 0 saturated carbocycles. The van der Waals surface area contributed by atoms with E-state index in [2.05, 4.69) is 0 Å². The number of fused-ring (bicyclic) bond motifs is 1. The van der Waals surface area contributed by atoms with Gasteiger partial charge in [-0.15, -0.1) is 0 Å².